The lowest BCUT2D eigenvalue weighted by Gasteiger charge is -2.43. The van der Waals surface area contributed by atoms with Crippen LogP contribution in [-0.4, -0.2) is 31.8 Å². The van der Waals surface area contributed by atoms with Crippen LogP contribution in [0.3, 0.4) is 0 Å². The maximum Gasteiger partial charge on any atom is 0.263 e. The summed E-state index contributed by atoms with van der Waals surface area (Å²) in [6, 6.07) is 15.3. The van der Waals surface area contributed by atoms with Crippen LogP contribution in [0.15, 0.2) is 70.3 Å². The molecule has 2 aromatic carbocycles. The van der Waals surface area contributed by atoms with Crippen molar-refractivity contribution in [3.05, 3.63) is 75.3 Å². The normalized spacial score (nSPS) is 17.8. The quantitative estimate of drug-likeness (QED) is 0.218. The number of rotatable bonds is 7. The third-order valence-electron chi connectivity index (χ3n) is 5.46. The summed E-state index contributed by atoms with van der Waals surface area (Å²) in [5.41, 5.74) is 2.13. The van der Waals surface area contributed by atoms with E-state index in [1.54, 1.807) is 21.6 Å². The number of aromatic nitrogens is 1. The number of hydrogen-bond donors (Lipinski definition) is 1. The Hall–Kier alpha value is -2.63. The first-order valence-corrected chi connectivity index (χ1v) is 14.3. The molecule has 0 bridgehead atoms. The van der Waals surface area contributed by atoms with Gasteiger partial charge in [-0.2, -0.15) is 0 Å². The van der Waals surface area contributed by atoms with Crippen molar-refractivity contribution in [1.82, 2.24) is 4.98 Å². The highest BCUT2D eigenvalue weighted by Crippen LogP contribution is 2.44. The van der Waals surface area contributed by atoms with Crippen LogP contribution in [-0.2, 0) is 14.8 Å². The van der Waals surface area contributed by atoms with E-state index in [0.717, 1.165) is 16.1 Å². The summed E-state index contributed by atoms with van der Waals surface area (Å²) in [7, 11) is -2.47. The van der Waals surface area contributed by atoms with Gasteiger partial charge < -0.3 is 9.64 Å². The topological polar surface area (TPSA) is 88.6 Å². The number of sulfonamides is 1. The van der Waals surface area contributed by atoms with Gasteiger partial charge in [-0.3, -0.25) is 9.52 Å². The third-order valence-corrected chi connectivity index (χ3v) is 9.37. The summed E-state index contributed by atoms with van der Waals surface area (Å²) in [5.74, 6) is 0.124. The van der Waals surface area contributed by atoms with Crippen molar-refractivity contribution < 1.29 is 17.9 Å². The third kappa shape index (κ3) is 4.52. The molecule has 1 aliphatic heterocycles. The predicted molar refractivity (Wildman–Crippen MR) is 141 cm³/mol. The number of halogens is 2. The maximum absolute atomic E-state index is 12.8. The van der Waals surface area contributed by atoms with Gasteiger partial charge in [0.2, 0.25) is 5.91 Å². The van der Waals surface area contributed by atoms with Crippen molar-refractivity contribution in [1.29, 1.82) is 0 Å². The van der Waals surface area contributed by atoms with Crippen LogP contribution in [0, 0.1) is 0 Å². The molecule has 35 heavy (non-hydrogen) atoms. The molecule has 1 N–H and O–H groups in total. The number of β-lactam (4-membered cyclic amide) rings is 1. The van der Waals surface area contributed by atoms with E-state index >= 15 is 0 Å². The van der Waals surface area contributed by atoms with Crippen LogP contribution < -0.4 is 14.4 Å². The van der Waals surface area contributed by atoms with Gasteiger partial charge >= 0.3 is 0 Å². The van der Waals surface area contributed by atoms with E-state index in [4.69, 9.17) is 27.9 Å². The Bertz CT molecular complexity index is 1490. The number of carbonyl (C=O) groups is 1. The SMILES string of the molecule is COc1cc(S(=O)(=O)Nc2nc(-c3ccc(N4C(=O)C(Cl)C4c4cccs4)cc3)cs2)ccc1Cl. The minimum absolute atomic E-state index is 0.0111. The molecule has 2 atom stereocenters. The van der Waals surface area contributed by atoms with Crippen molar-refractivity contribution in [2.45, 2.75) is 16.3 Å². The zero-order valence-electron chi connectivity index (χ0n) is 18.0. The average molecular weight is 567 g/mol. The second-order valence-corrected chi connectivity index (χ2v) is 12.0. The number of alkyl halides is 1. The standard InChI is InChI=1S/C23H17Cl2N3O4S3/c1-32-18-11-15(8-9-16(18)24)35(30,31)27-23-26-17(12-34-23)13-4-6-14(7-5-13)28-21(20(25)22(28)29)19-3-2-10-33-19/h2-12,20-21H,1H3,(H,26,27). The zero-order valence-corrected chi connectivity index (χ0v) is 22.0. The van der Waals surface area contributed by atoms with Gasteiger partial charge in [0, 0.05) is 27.6 Å². The number of methoxy groups -OCH3 is 1. The van der Waals surface area contributed by atoms with Gasteiger partial charge in [-0.05, 0) is 35.7 Å². The fourth-order valence-electron chi connectivity index (χ4n) is 3.70. The monoisotopic (exact) mass is 565 g/mol. The van der Waals surface area contributed by atoms with E-state index in [2.05, 4.69) is 9.71 Å². The first-order valence-electron chi connectivity index (χ1n) is 10.2. The summed E-state index contributed by atoms with van der Waals surface area (Å²) < 4.78 is 33.2. The summed E-state index contributed by atoms with van der Waals surface area (Å²) in [4.78, 5) is 19.6. The fourth-order valence-corrected chi connectivity index (χ4v) is 7.16. The molecule has 0 spiro atoms. The van der Waals surface area contributed by atoms with Gasteiger partial charge in [-0.25, -0.2) is 13.4 Å². The Labute approximate surface area is 220 Å². The number of thiophene rings is 1. The molecule has 1 amide bonds. The molecule has 2 unspecified atom stereocenters. The number of thiazole rings is 1. The number of hydrogen-bond acceptors (Lipinski definition) is 7. The number of nitrogens with zero attached hydrogens (tertiary/aromatic N) is 2. The van der Waals surface area contributed by atoms with Crippen LogP contribution in [0.5, 0.6) is 5.75 Å². The molecule has 3 heterocycles. The first-order chi connectivity index (χ1) is 16.8. The van der Waals surface area contributed by atoms with E-state index in [1.165, 1.54) is 36.6 Å². The number of nitrogens with one attached hydrogen (secondary N) is 1. The predicted octanol–water partition coefficient (Wildman–Crippen LogP) is 6.03. The molecule has 0 saturated carbocycles. The molecule has 0 radical (unpaired) electrons. The highest BCUT2D eigenvalue weighted by molar-refractivity contribution is 7.93. The van der Waals surface area contributed by atoms with E-state index in [1.807, 2.05) is 41.8 Å². The molecule has 0 aliphatic carbocycles. The minimum Gasteiger partial charge on any atom is -0.495 e. The Balaban J connectivity index is 1.33. The molecule has 4 aromatic rings. The average Bonchev–Trinajstić information content (AvgIpc) is 3.54. The second-order valence-electron chi connectivity index (χ2n) is 7.56. The number of amides is 1. The number of carbonyl (C=O) groups excluding carboxylic acids is 1. The summed E-state index contributed by atoms with van der Waals surface area (Å²) in [6.07, 6.45) is 0. The zero-order chi connectivity index (χ0) is 24.7. The van der Waals surface area contributed by atoms with Gasteiger partial charge in [0.1, 0.15) is 11.1 Å². The summed E-state index contributed by atoms with van der Waals surface area (Å²) in [5, 5.41) is 3.67. The van der Waals surface area contributed by atoms with Gasteiger partial charge in [-0.15, -0.1) is 34.3 Å². The lowest BCUT2D eigenvalue weighted by atomic mass is 9.97. The molecule has 180 valence electrons. The fraction of sp³-hybridized carbons (Fsp3) is 0.130. The minimum atomic E-state index is -3.88. The molecule has 1 fully saturated rings. The molecule has 1 saturated heterocycles. The number of ether oxygens (including phenoxy) is 1. The Morgan fingerprint density at radius 3 is 2.57 bits per heavy atom. The Morgan fingerprint density at radius 2 is 1.89 bits per heavy atom. The molecule has 12 heteroatoms. The van der Waals surface area contributed by atoms with E-state index < -0.39 is 15.4 Å². The molecular weight excluding hydrogens is 549 g/mol. The number of anilines is 2. The lowest BCUT2D eigenvalue weighted by molar-refractivity contribution is -0.123. The van der Waals surface area contributed by atoms with Crippen molar-refractivity contribution in [3.8, 4) is 17.0 Å². The van der Waals surface area contributed by atoms with Gasteiger partial charge in [0.05, 0.1) is 28.8 Å². The Kier molecular flexibility index (Phi) is 6.49. The van der Waals surface area contributed by atoms with E-state index in [9.17, 15) is 13.2 Å². The van der Waals surface area contributed by atoms with Crippen molar-refractivity contribution in [2.75, 3.05) is 16.7 Å². The highest BCUT2D eigenvalue weighted by Gasteiger charge is 2.48. The van der Waals surface area contributed by atoms with E-state index in [-0.39, 0.29) is 27.7 Å². The van der Waals surface area contributed by atoms with Crippen molar-refractivity contribution >= 4 is 72.6 Å². The molecule has 7 nitrogen and oxygen atoms in total. The first kappa shape index (κ1) is 24.1. The highest BCUT2D eigenvalue weighted by atomic mass is 35.5. The molecule has 2 aromatic heterocycles. The summed E-state index contributed by atoms with van der Waals surface area (Å²) >= 11 is 15.0. The van der Waals surface area contributed by atoms with Crippen LogP contribution in [0.4, 0.5) is 10.8 Å². The van der Waals surface area contributed by atoms with Gasteiger partial charge in [-0.1, -0.05) is 29.8 Å². The van der Waals surface area contributed by atoms with Crippen LogP contribution in [0.1, 0.15) is 10.9 Å². The van der Waals surface area contributed by atoms with Crippen LogP contribution >= 0.6 is 45.9 Å². The largest absolute Gasteiger partial charge is 0.495 e. The molecule has 1 aliphatic rings. The van der Waals surface area contributed by atoms with Gasteiger partial charge in [0.25, 0.3) is 10.0 Å². The lowest BCUT2D eigenvalue weighted by Crippen LogP contribution is -2.56. The van der Waals surface area contributed by atoms with Gasteiger partial charge in [0.15, 0.2) is 5.13 Å². The van der Waals surface area contributed by atoms with Crippen molar-refractivity contribution in [2.24, 2.45) is 0 Å². The second kappa shape index (κ2) is 9.44. The summed E-state index contributed by atoms with van der Waals surface area (Å²) in [6.45, 7) is 0. The maximum atomic E-state index is 12.8. The van der Waals surface area contributed by atoms with Crippen LogP contribution in [0.2, 0.25) is 5.02 Å². The number of benzene rings is 2. The Morgan fingerprint density at radius 1 is 1.11 bits per heavy atom. The van der Waals surface area contributed by atoms with Crippen molar-refractivity contribution in [3.63, 3.8) is 0 Å². The van der Waals surface area contributed by atoms with E-state index in [0.29, 0.717) is 10.7 Å². The smallest absolute Gasteiger partial charge is 0.263 e. The van der Waals surface area contributed by atoms with Crippen LogP contribution in [0.25, 0.3) is 11.3 Å². The molecule has 5 rings (SSSR count). The molecular formula is C23H17Cl2N3O4S3.